The predicted octanol–water partition coefficient (Wildman–Crippen LogP) is 7.61. The molecular weight excluding hydrogens is 577 g/mol. The molecule has 0 aromatic heterocycles. The van der Waals surface area contributed by atoms with Gasteiger partial charge in [0.2, 0.25) is 0 Å². The lowest BCUT2D eigenvalue weighted by Gasteiger charge is -2.43. The van der Waals surface area contributed by atoms with E-state index in [4.69, 9.17) is 8.61 Å². The van der Waals surface area contributed by atoms with Crippen molar-refractivity contribution >= 4 is 40.6 Å². The van der Waals surface area contributed by atoms with Crippen LogP contribution in [0.2, 0.25) is 5.04 Å². The molecule has 0 saturated heterocycles. The largest absolute Gasteiger partial charge is 0.407 e. The molecule has 4 nitrogen and oxygen atoms in total. The molecule has 0 radical (unpaired) electrons. The Bertz CT molecular complexity index is 1430. The molecule has 0 saturated carbocycles. The minimum atomic E-state index is -3.89. The predicted molar refractivity (Wildman–Crippen MR) is 178 cm³/mol. The van der Waals surface area contributed by atoms with Crippen molar-refractivity contribution in [1.82, 2.24) is 0 Å². The molecule has 0 aliphatic heterocycles. The lowest BCUT2D eigenvalue weighted by molar-refractivity contribution is 0.178. The number of thioether (sulfide) groups is 1. The summed E-state index contributed by atoms with van der Waals surface area (Å²) in [6.07, 6.45) is 1.44. The van der Waals surface area contributed by atoms with Crippen molar-refractivity contribution in [2.24, 2.45) is 0 Å². The third-order valence-electron chi connectivity index (χ3n) is 7.43. The third-order valence-corrected chi connectivity index (χ3v) is 14.9. The van der Waals surface area contributed by atoms with Gasteiger partial charge in [-0.25, -0.2) is 0 Å². The van der Waals surface area contributed by atoms with E-state index in [0.717, 1.165) is 16.2 Å². The van der Waals surface area contributed by atoms with E-state index in [1.54, 1.807) is 36.0 Å². The van der Waals surface area contributed by atoms with E-state index in [2.05, 4.69) is 81.4 Å². The van der Waals surface area contributed by atoms with E-state index < -0.39 is 24.5 Å². The van der Waals surface area contributed by atoms with E-state index in [-0.39, 0.29) is 9.93 Å². The summed E-state index contributed by atoms with van der Waals surface area (Å²) >= 11 is 1.71. The monoisotopic (exact) mass is 618 g/mol. The standard InChI is InChI=1S/C35H42O4S2Si/c1-29-22-24-32(25-23-29)41(36,37)39-30(26-28-40-31-16-8-5-9-17-31)15-14-27-38-42(35(2,3)4,33-18-10-6-11-19-33)34-20-12-7-13-21-34/h5-13,16-25,30H,14-15,26-28H2,1-4H3/t30-/m0/s1. The second-order valence-electron chi connectivity index (χ2n) is 11.6. The van der Waals surface area contributed by atoms with Crippen LogP contribution in [-0.2, 0) is 18.7 Å². The molecule has 7 heteroatoms. The van der Waals surface area contributed by atoms with Crippen LogP contribution >= 0.6 is 11.8 Å². The summed E-state index contributed by atoms with van der Waals surface area (Å²) in [5.74, 6) is 0.758. The van der Waals surface area contributed by atoms with E-state index in [9.17, 15) is 8.42 Å². The first-order chi connectivity index (χ1) is 20.1. The smallest absolute Gasteiger partial charge is 0.297 e. The second kappa shape index (κ2) is 14.7. The summed E-state index contributed by atoms with van der Waals surface area (Å²) in [5, 5.41) is 2.35. The Labute approximate surface area is 257 Å². The Balaban J connectivity index is 1.51. The van der Waals surface area contributed by atoms with Gasteiger partial charge in [0.25, 0.3) is 18.4 Å². The van der Waals surface area contributed by atoms with Gasteiger partial charge in [-0.1, -0.05) is 117 Å². The van der Waals surface area contributed by atoms with Gasteiger partial charge in [0.1, 0.15) is 0 Å². The molecule has 0 unspecified atom stereocenters. The van der Waals surface area contributed by atoms with Crippen LogP contribution in [0, 0.1) is 6.92 Å². The molecule has 4 aromatic rings. The molecule has 42 heavy (non-hydrogen) atoms. The Morgan fingerprint density at radius 1 is 0.738 bits per heavy atom. The average molecular weight is 619 g/mol. The van der Waals surface area contributed by atoms with Gasteiger partial charge >= 0.3 is 0 Å². The molecule has 0 aliphatic carbocycles. The van der Waals surface area contributed by atoms with Crippen molar-refractivity contribution in [3.63, 3.8) is 0 Å². The maximum Gasteiger partial charge on any atom is 0.297 e. The van der Waals surface area contributed by atoms with E-state index >= 15 is 0 Å². The summed E-state index contributed by atoms with van der Waals surface area (Å²) < 4.78 is 39.4. The van der Waals surface area contributed by atoms with Gasteiger partial charge in [-0.15, -0.1) is 11.8 Å². The minimum absolute atomic E-state index is 0.118. The summed E-state index contributed by atoms with van der Waals surface area (Å²) in [7, 11) is -6.55. The number of aryl methyl sites for hydroxylation is 1. The SMILES string of the molecule is Cc1ccc(S(=O)(=O)O[C@@H](CCCO[Si](c2ccccc2)(c2ccccc2)C(C)(C)C)CCSc2ccccc2)cc1. The van der Waals surface area contributed by atoms with Crippen LogP contribution in [-0.4, -0.2) is 35.2 Å². The summed E-state index contributed by atoms with van der Waals surface area (Å²) in [6, 6.07) is 38.2. The van der Waals surface area contributed by atoms with Crippen molar-refractivity contribution in [3.8, 4) is 0 Å². The fourth-order valence-electron chi connectivity index (χ4n) is 5.30. The van der Waals surface area contributed by atoms with Crippen LogP contribution in [0.4, 0.5) is 0 Å². The Kier molecular flexibility index (Phi) is 11.3. The quantitative estimate of drug-likeness (QED) is 0.0630. The van der Waals surface area contributed by atoms with Crippen LogP contribution in [0.1, 0.15) is 45.6 Å². The van der Waals surface area contributed by atoms with Crippen LogP contribution in [0.3, 0.4) is 0 Å². The van der Waals surface area contributed by atoms with Gasteiger partial charge in [-0.3, -0.25) is 4.18 Å². The molecule has 222 valence electrons. The first kappa shape index (κ1) is 32.2. The van der Waals surface area contributed by atoms with E-state index in [1.165, 1.54) is 10.4 Å². The molecule has 0 aliphatic rings. The summed E-state index contributed by atoms with van der Waals surface area (Å²) in [6.45, 7) is 9.25. The highest BCUT2D eigenvalue weighted by molar-refractivity contribution is 7.99. The number of hydrogen-bond acceptors (Lipinski definition) is 5. The molecule has 4 rings (SSSR count). The maximum absolute atomic E-state index is 13.2. The van der Waals surface area contributed by atoms with Crippen LogP contribution in [0.25, 0.3) is 0 Å². The lowest BCUT2D eigenvalue weighted by atomic mass is 10.1. The maximum atomic E-state index is 13.2. The van der Waals surface area contributed by atoms with E-state index in [1.807, 2.05) is 37.3 Å². The molecule has 0 bridgehead atoms. The van der Waals surface area contributed by atoms with Crippen molar-refractivity contribution in [3.05, 3.63) is 121 Å². The summed E-state index contributed by atoms with van der Waals surface area (Å²) in [4.78, 5) is 1.35. The van der Waals surface area contributed by atoms with Crippen molar-refractivity contribution in [2.45, 2.75) is 67.9 Å². The number of rotatable bonds is 14. The molecule has 0 amide bonds. The molecule has 0 fully saturated rings. The second-order valence-corrected chi connectivity index (χ2v) is 18.6. The van der Waals surface area contributed by atoms with Gasteiger partial charge in [0.05, 0.1) is 11.0 Å². The van der Waals surface area contributed by atoms with Gasteiger partial charge in [0, 0.05) is 17.3 Å². The van der Waals surface area contributed by atoms with Crippen LogP contribution in [0.5, 0.6) is 0 Å². The lowest BCUT2D eigenvalue weighted by Crippen LogP contribution is -2.66. The highest BCUT2D eigenvalue weighted by atomic mass is 32.2. The summed E-state index contributed by atoms with van der Waals surface area (Å²) in [5.41, 5.74) is 1.00. The Morgan fingerprint density at radius 3 is 1.79 bits per heavy atom. The number of benzene rings is 4. The third kappa shape index (κ3) is 8.23. The normalized spacial score (nSPS) is 13.1. The molecule has 0 heterocycles. The highest BCUT2D eigenvalue weighted by Gasteiger charge is 2.50. The molecule has 1 atom stereocenters. The zero-order chi connectivity index (χ0) is 30.1. The topological polar surface area (TPSA) is 52.6 Å². The Morgan fingerprint density at radius 2 is 1.26 bits per heavy atom. The molecule has 0 N–H and O–H groups in total. The number of hydrogen-bond donors (Lipinski definition) is 0. The van der Waals surface area contributed by atoms with Crippen LogP contribution < -0.4 is 10.4 Å². The van der Waals surface area contributed by atoms with Gasteiger partial charge in [0.15, 0.2) is 0 Å². The fourth-order valence-corrected chi connectivity index (χ4v) is 12.0. The zero-order valence-corrected chi connectivity index (χ0v) is 27.7. The van der Waals surface area contributed by atoms with E-state index in [0.29, 0.717) is 25.9 Å². The van der Waals surface area contributed by atoms with Gasteiger partial charge < -0.3 is 4.43 Å². The van der Waals surface area contributed by atoms with Crippen molar-refractivity contribution < 1.29 is 17.0 Å². The molecule has 0 spiro atoms. The minimum Gasteiger partial charge on any atom is -0.407 e. The van der Waals surface area contributed by atoms with Gasteiger partial charge in [-0.05, 0) is 65.9 Å². The van der Waals surface area contributed by atoms with Gasteiger partial charge in [-0.2, -0.15) is 8.42 Å². The van der Waals surface area contributed by atoms with Crippen molar-refractivity contribution in [2.75, 3.05) is 12.4 Å². The first-order valence-corrected chi connectivity index (χ1v) is 18.8. The fraction of sp³-hybridized carbons (Fsp3) is 0.314. The Hall–Kier alpha value is -2.68. The zero-order valence-electron chi connectivity index (χ0n) is 25.0. The van der Waals surface area contributed by atoms with Crippen molar-refractivity contribution in [1.29, 1.82) is 0 Å². The molecular formula is C35H42O4S2Si. The van der Waals surface area contributed by atoms with Crippen LogP contribution in [0.15, 0.2) is 125 Å². The average Bonchev–Trinajstić information content (AvgIpc) is 2.98. The molecule has 4 aromatic carbocycles. The first-order valence-electron chi connectivity index (χ1n) is 14.5. The highest BCUT2D eigenvalue weighted by Crippen LogP contribution is 2.37.